The number of hydrogen-bond acceptors (Lipinski definition) is 3. The van der Waals surface area contributed by atoms with Gasteiger partial charge in [0.25, 0.3) is 5.91 Å². The zero-order valence-electron chi connectivity index (χ0n) is 21.9. The van der Waals surface area contributed by atoms with E-state index < -0.39 is 5.97 Å². The molecule has 2 N–H and O–H groups in total. The first-order valence-electron chi connectivity index (χ1n) is 12.7. The van der Waals surface area contributed by atoms with Gasteiger partial charge in [0.2, 0.25) is 0 Å². The van der Waals surface area contributed by atoms with Crippen molar-refractivity contribution < 1.29 is 14.7 Å². The Bertz CT molecular complexity index is 1710. The summed E-state index contributed by atoms with van der Waals surface area (Å²) in [6.45, 7) is 6.71. The van der Waals surface area contributed by atoms with E-state index in [1.807, 2.05) is 61.5 Å². The highest BCUT2D eigenvalue weighted by Gasteiger charge is 2.17. The molecule has 1 unspecified atom stereocenters. The van der Waals surface area contributed by atoms with Gasteiger partial charge in [-0.1, -0.05) is 54.1 Å². The lowest BCUT2D eigenvalue weighted by Crippen LogP contribution is -2.26. The fourth-order valence-corrected chi connectivity index (χ4v) is 5.10. The average Bonchev–Trinajstić information content (AvgIpc) is 3.17. The number of fused-ring (bicyclic) bond motifs is 1. The third kappa shape index (κ3) is 5.29. The molecule has 39 heavy (non-hydrogen) atoms. The Morgan fingerprint density at radius 3 is 2.46 bits per heavy atom. The van der Waals surface area contributed by atoms with E-state index in [0.717, 1.165) is 38.9 Å². The molecule has 196 valence electrons. The maximum atomic E-state index is 13.1. The van der Waals surface area contributed by atoms with Gasteiger partial charge in [0.15, 0.2) is 0 Å². The van der Waals surface area contributed by atoms with Crippen LogP contribution >= 0.6 is 11.6 Å². The van der Waals surface area contributed by atoms with Gasteiger partial charge in [0, 0.05) is 41.1 Å². The first kappa shape index (κ1) is 26.2. The number of aryl methyl sites for hydroxylation is 1. The molecule has 0 fully saturated rings. The number of amides is 1. The number of carboxylic acid groups (broad SMARTS) is 1. The quantitative estimate of drug-likeness (QED) is 0.230. The third-order valence-electron chi connectivity index (χ3n) is 7.24. The molecule has 0 aliphatic heterocycles. The van der Waals surface area contributed by atoms with Crippen molar-refractivity contribution in [3.8, 4) is 11.1 Å². The molecule has 6 nitrogen and oxygen atoms in total. The number of nitrogens with one attached hydrogen (secondary N) is 1. The number of carbonyl (C=O) groups excluding carboxylic acids is 1. The van der Waals surface area contributed by atoms with Gasteiger partial charge in [-0.3, -0.25) is 9.78 Å². The number of halogens is 1. The topological polar surface area (TPSA) is 84.2 Å². The summed E-state index contributed by atoms with van der Waals surface area (Å²) >= 11 is 6.05. The molecule has 0 saturated heterocycles. The van der Waals surface area contributed by atoms with Gasteiger partial charge < -0.3 is 15.0 Å². The predicted molar refractivity (Wildman–Crippen MR) is 154 cm³/mol. The predicted octanol–water partition coefficient (Wildman–Crippen LogP) is 7.21. The standard InChI is InChI=1S/C32H28ClN3O3/c1-19-21(3)36(18-22-8-10-23(11-9-22)27-6-4-5-7-28(27)32(38)39)30-13-12-24(15-29(19)30)31(37)35-20(2)25-14-26(33)17-34-16-25/h4-17,20H,18H2,1-3H3,(H,35,37)(H,38,39). The van der Waals surface area contributed by atoms with Crippen LogP contribution in [0, 0.1) is 13.8 Å². The highest BCUT2D eigenvalue weighted by atomic mass is 35.5. The summed E-state index contributed by atoms with van der Waals surface area (Å²) in [5.41, 5.74) is 7.67. The highest BCUT2D eigenvalue weighted by Crippen LogP contribution is 2.29. The average molecular weight is 538 g/mol. The van der Waals surface area contributed by atoms with Crippen LogP contribution in [0.1, 0.15) is 56.1 Å². The summed E-state index contributed by atoms with van der Waals surface area (Å²) in [5, 5.41) is 14.1. The van der Waals surface area contributed by atoms with Crippen molar-refractivity contribution in [3.63, 3.8) is 0 Å². The summed E-state index contributed by atoms with van der Waals surface area (Å²) in [4.78, 5) is 28.8. The van der Waals surface area contributed by atoms with Crippen molar-refractivity contribution in [1.82, 2.24) is 14.9 Å². The SMILES string of the molecule is Cc1c(C)n(Cc2ccc(-c3ccccc3C(=O)O)cc2)c2ccc(C(=O)NC(C)c3cncc(Cl)c3)cc12. The lowest BCUT2D eigenvalue weighted by atomic mass is 9.99. The van der Waals surface area contributed by atoms with Crippen molar-refractivity contribution in [2.24, 2.45) is 0 Å². The van der Waals surface area contributed by atoms with Crippen LogP contribution in [-0.4, -0.2) is 26.5 Å². The molecular weight excluding hydrogens is 510 g/mol. The number of nitrogens with zero attached hydrogens (tertiary/aromatic N) is 2. The fourth-order valence-electron chi connectivity index (χ4n) is 4.92. The van der Waals surface area contributed by atoms with Crippen LogP contribution in [0.25, 0.3) is 22.0 Å². The number of pyridine rings is 1. The number of carboxylic acids is 1. The van der Waals surface area contributed by atoms with Crippen molar-refractivity contribution >= 4 is 34.4 Å². The second kappa shape index (κ2) is 10.8. The molecule has 0 saturated carbocycles. The van der Waals surface area contributed by atoms with Crippen LogP contribution in [0.4, 0.5) is 0 Å². The molecule has 2 heterocycles. The van der Waals surface area contributed by atoms with Crippen LogP contribution in [0.15, 0.2) is 85.2 Å². The minimum atomic E-state index is -0.941. The number of rotatable bonds is 7. The Hall–Kier alpha value is -4.42. The second-order valence-electron chi connectivity index (χ2n) is 9.71. The maximum absolute atomic E-state index is 13.1. The summed E-state index contributed by atoms with van der Waals surface area (Å²) in [6, 6.07) is 22.4. The van der Waals surface area contributed by atoms with Crippen LogP contribution in [0.5, 0.6) is 0 Å². The summed E-state index contributed by atoms with van der Waals surface area (Å²) in [6.07, 6.45) is 3.27. The minimum Gasteiger partial charge on any atom is -0.478 e. The van der Waals surface area contributed by atoms with Gasteiger partial charge in [0.1, 0.15) is 0 Å². The van der Waals surface area contributed by atoms with E-state index in [9.17, 15) is 14.7 Å². The van der Waals surface area contributed by atoms with Gasteiger partial charge in [-0.25, -0.2) is 4.79 Å². The molecule has 2 aromatic heterocycles. The number of hydrogen-bond donors (Lipinski definition) is 2. The molecule has 0 radical (unpaired) electrons. The Morgan fingerprint density at radius 1 is 1.00 bits per heavy atom. The summed E-state index contributed by atoms with van der Waals surface area (Å²) in [5.74, 6) is -1.10. The Morgan fingerprint density at radius 2 is 1.74 bits per heavy atom. The van der Waals surface area contributed by atoms with Gasteiger partial charge in [-0.05, 0) is 78.9 Å². The molecular formula is C32H28ClN3O3. The molecule has 1 atom stereocenters. The minimum absolute atomic E-state index is 0.161. The summed E-state index contributed by atoms with van der Waals surface area (Å²) in [7, 11) is 0. The zero-order chi connectivity index (χ0) is 27.7. The molecule has 5 rings (SSSR count). The Labute approximate surface area is 231 Å². The summed E-state index contributed by atoms with van der Waals surface area (Å²) < 4.78 is 2.24. The normalized spacial score (nSPS) is 11.9. The molecule has 0 bridgehead atoms. The number of aromatic nitrogens is 2. The van der Waals surface area contributed by atoms with Crippen LogP contribution < -0.4 is 5.32 Å². The maximum Gasteiger partial charge on any atom is 0.336 e. The van der Waals surface area contributed by atoms with Crippen molar-refractivity contribution in [3.05, 3.63) is 124 Å². The monoisotopic (exact) mass is 537 g/mol. The van der Waals surface area contributed by atoms with Crippen LogP contribution in [0.2, 0.25) is 5.02 Å². The van der Waals surface area contributed by atoms with Gasteiger partial charge in [0.05, 0.1) is 16.6 Å². The van der Waals surface area contributed by atoms with Crippen LogP contribution in [-0.2, 0) is 6.54 Å². The lowest BCUT2D eigenvalue weighted by molar-refractivity contribution is 0.0697. The highest BCUT2D eigenvalue weighted by molar-refractivity contribution is 6.30. The van der Waals surface area contributed by atoms with Crippen molar-refractivity contribution in [2.75, 3.05) is 0 Å². The van der Waals surface area contributed by atoms with E-state index in [1.54, 1.807) is 30.6 Å². The largest absolute Gasteiger partial charge is 0.478 e. The number of aromatic carboxylic acids is 1. The first-order chi connectivity index (χ1) is 18.7. The third-order valence-corrected chi connectivity index (χ3v) is 7.44. The molecule has 0 aliphatic carbocycles. The molecule has 1 amide bonds. The van der Waals surface area contributed by atoms with E-state index in [0.29, 0.717) is 22.7 Å². The molecule has 7 heteroatoms. The van der Waals surface area contributed by atoms with E-state index >= 15 is 0 Å². The van der Waals surface area contributed by atoms with E-state index in [1.165, 1.54) is 0 Å². The lowest BCUT2D eigenvalue weighted by Gasteiger charge is -2.14. The Kier molecular flexibility index (Phi) is 7.22. The van der Waals surface area contributed by atoms with Gasteiger partial charge in [-0.2, -0.15) is 0 Å². The van der Waals surface area contributed by atoms with E-state index in [4.69, 9.17) is 11.6 Å². The molecule has 5 aromatic rings. The van der Waals surface area contributed by atoms with E-state index in [-0.39, 0.29) is 17.5 Å². The van der Waals surface area contributed by atoms with Gasteiger partial charge >= 0.3 is 5.97 Å². The van der Waals surface area contributed by atoms with E-state index in [2.05, 4.69) is 28.7 Å². The number of carbonyl (C=O) groups is 2. The second-order valence-corrected chi connectivity index (χ2v) is 10.1. The van der Waals surface area contributed by atoms with Crippen molar-refractivity contribution in [1.29, 1.82) is 0 Å². The smallest absolute Gasteiger partial charge is 0.336 e. The molecule has 0 spiro atoms. The molecule has 3 aromatic carbocycles. The zero-order valence-corrected chi connectivity index (χ0v) is 22.7. The molecule has 0 aliphatic rings. The van der Waals surface area contributed by atoms with Crippen LogP contribution in [0.3, 0.4) is 0 Å². The van der Waals surface area contributed by atoms with Gasteiger partial charge in [-0.15, -0.1) is 0 Å². The number of benzene rings is 3. The van der Waals surface area contributed by atoms with Crippen molar-refractivity contribution in [2.45, 2.75) is 33.4 Å². The fraction of sp³-hybridized carbons (Fsp3) is 0.156. The Balaban J connectivity index is 1.39. The first-order valence-corrected chi connectivity index (χ1v) is 13.0.